The van der Waals surface area contributed by atoms with Crippen LogP contribution in [0.5, 0.6) is 5.75 Å². The second-order valence-corrected chi connectivity index (χ2v) is 7.61. The van der Waals surface area contributed by atoms with E-state index >= 15 is 0 Å². The third kappa shape index (κ3) is 4.06. The van der Waals surface area contributed by atoms with Crippen LogP contribution < -0.4 is 10.1 Å². The summed E-state index contributed by atoms with van der Waals surface area (Å²) in [5, 5.41) is 32.1. The van der Waals surface area contributed by atoms with Gasteiger partial charge in [0.15, 0.2) is 11.4 Å². The molecule has 6 nitrogen and oxygen atoms in total. The molecule has 0 spiro atoms. The number of rotatable bonds is 2. The molecule has 2 aromatic rings. The Morgan fingerprint density at radius 2 is 1.96 bits per heavy atom. The van der Waals surface area contributed by atoms with Crippen LogP contribution >= 0.6 is 11.8 Å². The summed E-state index contributed by atoms with van der Waals surface area (Å²) in [6, 6.07) is 16.0. The molecule has 0 aromatic heterocycles. The molecular formula is C20H18N4O2S. The van der Waals surface area contributed by atoms with Crippen LogP contribution in [0, 0.1) is 22.8 Å². The zero-order valence-corrected chi connectivity index (χ0v) is 15.7. The van der Waals surface area contributed by atoms with E-state index in [1.165, 1.54) is 11.8 Å². The predicted molar refractivity (Wildman–Crippen MR) is 103 cm³/mol. The summed E-state index contributed by atoms with van der Waals surface area (Å²) in [4.78, 5) is 5.53. The van der Waals surface area contributed by atoms with Gasteiger partial charge in [-0.25, -0.2) is 0 Å². The normalized spacial score (nSPS) is 20.6. The van der Waals surface area contributed by atoms with E-state index in [-0.39, 0.29) is 0 Å². The van der Waals surface area contributed by atoms with Crippen molar-refractivity contribution in [2.75, 3.05) is 0 Å². The van der Waals surface area contributed by atoms with E-state index in [1.54, 1.807) is 32.0 Å². The molecule has 0 radical (unpaired) electrons. The first kappa shape index (κ1) is 18.8. The Morgan fingerprint density at radius 3 is 2.63 bits per heavy atom. The second-order valence-electron chi connectivity index (χ2n) is 6.55. The molecule has 27 heavy (non-hydrogen) atoms. The van der Waals surface area contributed by atoms with Crippen molar-refractivity contribution in [3.05, 3.63) is 59.7 Å². The number of nitriles is 2. The molecule has 3 rings (SSSR count). The maximum absolute atomic E-state index is 10.9. The number of nitrogens with one attached hydrogen (secondary N) is 1. The topological polar surface area (TPSA) is 101 Å². The van der Waals surface area contributed by atoms with E-state index in [0.717, 1.165) is 4.90 Å². The van der Waals surface area contributed by atoms with Gasteiger partial charge in [-0.05, 0) is 44.2 Å². The maximum Gasteiger partial charge on any atom is 0.183 e. The Labute approximate surface area is 162 Å². The largest absolute Gasteiger partial charge is 0.485 e. The van der Waals surface area contributed by atoms with E-state index in [0.29, 0.717) is 22.0 Å². The molecule has 7 heteroatoms. The molecule has 0 saturated carbocycles. The summed E-state index contributed by atoms with van der Waals surface area (Å²) in [6.07, 6.45) is 0.940. The third-order valence-corrected chi connectivity index (χ3v) is 5.13. The van der Waals surface area contributed by atoms with Gasteiger partial charge in [-0.1, -0.05) is 30.0 Å². The zero-order chi connectivity index (χ0) is 19.4. The van der Waals surface area contributed by atoms with E-state index in [2.05, 4.69) is 16.4 Å². The number of benzene rings is 2. The van der Waals surface area contributed by atoms with Crippen molar-refractivity contribution < 1.29 is 9.84 Å². The first-order valence-corrected chi connectivity index (χ1v) is 9.13. The van der Waals surface area contributed by atoms with Gasteiger partial charge in [0, 0.05) is 10.5 Å². The van der Waals surface area contributed by atoms with Crippen molar-refractivity contribution >= 4 is 16.9 Å². The van der Waals surface area contributed by atoms with Crippen molar-refractivity contribution in [3.8, 4) is 18.0 Å². The molecule has 0 amide bonds. The molecule has 2 aromatic carbocycles. The van der Waals surface area contributed by atoms with Crippen LogP contribution in [0.2, 0.25) is 0 Å². The summed E-state index contributed by atoms with van der Waals surface area (Å²) < 4.78 is 5.90. The minimum Gasteiger partial charge on any atom is -0.485 e. The lowest BCUT2D eigenvalue weighted by Crippen LogP contribution is -2.48. The summed E-state index contributed by atoms with van der Waals surface area (Å²) in [6.45, 7) is 3.56. The molecular weight excluding hydrogens is 360 g/mol. The number of fused-ring (bicyclic) bond motifs is 1. The Morgan fingerprint density at radius 1 is 1.22 bits per heavy atom. The second kappa shape index (κ2) is 7.71. The van der Waals surface area contributed by atoms with Crippen molar-refractivity contribution in [3.63, 3.8) is 0 Å². The van der Waals surface area contributed by atoms with Crippen molar-refractivity contribution in [2.24, 2.45) is 4.99 Å². The van der Waals surface area contributed by atoms with E-state index in [9.17, 15) is 10.4 Å². The number of hydrogen-bond donors (Lipinski definition) is 2. The fraction of sp³-hybridized carbons (Fsp3) is 0.250. The van der Waals surface area contributed by atoms with E-state index in [4.69, 9.17) is 10.00 Å². The highest BCUT2D eigenvalue weighted by atomic mass is 32.2. The number of ether oxygens (including phenoxy) is 1. The van der Waals surface area contributed by atoms with Crippen LogP contribution in [0.25, 0.3) is 0 Å². The number of amidine groups is 1. The zero-order valence-electron chi connectivity index (χ0n) is 14.9. The summed E-state index contributed by atoms with van der Waals surface area (Å²) in [5.41, 5.74) is 0.201. The molecule has 1 aliphatic heterocycles. The van der Waals surface area contributed by atoms with Crippen molar-refractivity contribution in [1.82, 2.24) is 5.32 Å². The number of aliphatic hydroxyl groups excluding tert-OH is 1. The summed E-state index contributed by atoms with van der Waals surface area (Å²) in [7, 11) is 0. The molecule has 136 valence electrons. The lowest BCUT2D eigenvalue weighted by molar-refractivity contribution is -0.0566. The number of aliphatic hydroxyl groups is 1. The third-order valence-electron chi connectivity index (χ3n) is 4.22. The van der Waals surface area contributed by atoms with Gasteiger partial charge >= 0.3 is 0 Å². The number of aliphatic imine (C=N–C) groups is 1. The van der Waals surface area contributed by atoms with Gasteiger partial charge in [-0.2, -0.15) is 10.5 Å². The molecule has 0 unspecified atom stereocenters. The van der Waals surface area contributed by atoms with Gasteiger partial charge < -0.3 is 9.84 Å². The standard InChI is InChI=1S/C20H18N4O2S/c1-20(2)18(25)17(15-10-13(11-21)8-9-16(15)26-20)24-19(23-12-22)27-14-6-4-3-5-7-14/h3-10,17-18,25H,1-2H3,(H,23,24)/t17-,18+/m1/s1. The lowest BCUT2D eigenvalue weighted by Gasteiger charge is -2.40. The smallest absolute Gasteiger partial charge is 0.183 e. The van der Waals surface area contributed by atoms with Gasteiger partial charge in [-0.3, -0.25) is 10.3 Å². The first-order valence-electron chi connectivity index (χ1n) is 8.31. The van der Waals surface area contributed by atoms with E-state index in [1.807, 2.05) is 36.5 Å². The molecule has 0 fully saturated rings. The van der Waals surface area contributed by atoms with Crippen LogP contribution in [-0.2, 0) is 0 Å². The van der Waals surface area contributed by atoms with E-state index < -0.39 is 17.7 Å². The van der Waals surface area contributed by atoms with Crippen LogP contribution in [0.4, 0.5) is 0 Å². The average Bonchev–Trinajstić information content (AvgIpc) is 2.66. The highest BCUT2D eigenvalue weighted by Gasteiger charge is 2.43. The fourth-order valence-corrected chi connectivity index (χ4v) is 3.61. The van der Waals surface area contributed by atoms with Crippen LogP contribution in [-0.4, -0.2) is 22.0 Å². The molecule has 1 heterocycles. The van der Waals surface area contributed by atoms with Gasteiger partial charge in [0.05, 0.1) is 11.6 Å². The highest BCUT2D eigenvalue weighted by molar-refractivity contribution is 8.13. The Hall–Kier alpha value is -3.00. The molecule has 0 saturated heterocycles. The van der Waals surface area contributed by atoms with Crippen molar-refractivity contribution in [1.29, 1.82) is 10.5 Å². The molecule has 0 bridgehead atoms. The Bertz CT molecular complexity index is 945. The molecule has 2 N–H and O–H groups in total. The minimum absolute atomic E-state index is 0.360. The van der Waals surface area contributed by atoms with Gasteiger partial charge in [0.25, 0.3) is 0 Å². The van der Waals surface area contributed by atoms with Crippen LogP contribution in [0.1, 0.15) is 31.0 Å². The Kier molecular flexibility index (Phi) is 5.36. The van der Waals surface area contributed by atoms with Gasteiger partial charge in [-0.15, -0.1) is 0 Å². The monoisotopic (exact) mass is 378 g/mol. The average molecular weight is 378 g/mol. The Balaban J connectivity index is 2.05. The summed E-state index contributed by atoms with van der Waals surface area (Å²) >= 11 is 1.29. The van der Waals surface area contributed by atoms with Crippen LogP contribution in [0.15, 0.2) is 58.4 Å². The minimum atomic E-state index is -0.953. The number of hydrogen-bond acceptors (Lipinski definition) is 6. The van der Waals surface area contributed by atoms with Crippen molar-refractivity contribution in [2.45, 2.75) is 36.5 Å². The summed E-state index contributed by atoms with van der Waals surface area (Å²) in [5.74, 6) is 0.569. The molecule has 1 aliphatic rings. The van der Waals surface area contributed by atoms with Gasteiger partial charge in [0.2, 0.25) is 0 Å². The number of nitrogens with zero attached hydrogens (tertiary/aromatic N) is 3. The molecule has 2 atom stereocenters. The van der Waals surface area contributed by atoms with Gasteiger partial charge in [0.1, 0.15) is 23.5 Å². The maximum atomic E-state index is 10.9. The van der Waals surface area contributed by atoms with Crippen LogP contribution in [0.3, 0.4) is 0 Å². The fourth-order valence-electron chi connectivity index (χ4n) is 2.83. The highest BCUT2D eigenvalue weighted by Crippen LogP contribution is 2.42. The first-order chi connectivity index (χ1) is 12.9. The lowest BCUT2D eigenvalue weighted by atomic mass is 9.86. The number of thioether (sulfide) groups is 1. The molecule has 0 aliphatic carbocycles. The predicted octanol–water partition coefficient (Wildman–Crippen LogP) is 3.35. The SMILES string of the molecule is CC1(C)Oc2ccc(C#N)cc2[C@@H](N=C(NC#N)Sc2ccccc2)[C@@H]1O. The quantitative estimate of drug-likeness (QED) is 0.273.